The van der Waals surface area contributed by atoms with Gasteiger partial charge < -0.3 is 10.1 Å². The number of ether oxygens (including phenoxy) is 1. The molecule has 1 heterocycles. The predicted octanol–water partition coefficient (Wildman–Crippen LogP) is 4.28. The summed E-state index contributed by atoms with van der Waals surface area (Å²) in [5.74, 6) is 2.19. The number of para-hydroxylation sites is 1. The van der Waals surface area contributed by atoms with Crippen molar-refractivity contribution in [2.45, 2.75) is 30.7 Å². The van der Waals surface area contributed by atoms with E-state index < -0.39 is 0 Å². The van der Waals surface area contributed by atoms with Crippen molar-refractivity contribution in [3.8, 4) is 11.5 Å². The first-order chi connectivity index (χ1) is 12.6. The number of nitrogens with zero attached hydrogens (tertiary/aromatic N) is 2. The molecule has 1 amide bonds. The van der Waals surface area contributed by atoms with Gasteiger partial charge in [-0.1, -0.05) is 36.9 Å². The number of hydrogen-bond donors (Lipinski definition) is 2. The fraction of sp³-hybridized carbons (Fsp3) is 0.211. The third kappa shape index (κ3) is 4.86. The molecule has 0 radical (unpaired) electrons. The lowest BCUT2D eigenvalue weighted by Gasteiger charge is -2.11. The topological polar surface area (TPSA) is 79.9 Å². The minimum absolute atomic E-state index is 0.102. The van der Waals surface area contributed by atoms with Crippen LogP contribution < -0.4 is 10.1 Å². The van der Waals surface area contributed by atoms with Crippen LogP contribution in [-0.4, -0.2) is 26.3 Å². The van der Waals surface area contributed by atoms with Crippen molar-refractivity contribution in [2.75, 3.05) is 5.32 Å². The van der Waals surface area contributed by atoms with Crippen LogP contribution in [0.3, 0.4) is 0 Å². The first-order valence-corrected chi connectivity index (χ1v) is 9.24. The first-order valence-electron chi connectivity index (χ1n) is 8.36. The standard InChI is InChI=1S/C19H20N4O2S/c1-3-17-21-19(23-22-17)26-13(2)18(24)20-14-9-11-16(12-10-14)25-15-7-5-4-6-8-15/h4-13H,3H2,1-2H3,(H,20,24)(H,21,22,23). The van der Waals surface area contributed by atoms with Crippen molar-refractivity contribution in [3.05, 3.63) is 60.4 Å². The summed E-state index contributed by atoms with van der Waals surface area (Å²) in [4.78, 5) is 16.6. The van der Waals surface area contributed by atoms with Crippen LogP contribution in [0.5, 0.6) is 11.5 Å². The largest absolute Gasteiger partial charge is 0.457 e. The van der Waals surface area contributed by atoms with Crippen molar-refractivity contribution in [1.29, 1.82) is 0 Å². The molecule has 1 unspecified atom stereocenters. The smallest absolute Gasteiger partial charge is 0.237 e. The summed E-state index contributed by atoms with van der Waals surface area (Å²) in [6.07, 6.45) is 0.783. The van der Waals surface area contributed by atoms with E-state index in [1.807, 2.05) is 68.4 Å². The molecule has 1 atom stereocenters. The summed E-state index contributed by atoms with van der Waals surface area (Å²) in [6, 6.07) is 16.8. The fourth-order valence-corrected chi connectivity index (χ4v) is 2.92. The van der Waals surface area contributed by atoms with Gasteiger partial charge in [0.05, 0.1) is 5.25 Å². The van der Waals surface area contributed by atoms with Crippen molar-refractivity contribution in [2.24, 2.45) is 0 Å². The van der Waals surface area contributed by atoms with E-state index in [9.17, 15) is 4.79 Å². The van der Waals surface area contributed by atoms with Crippen LogP contribution >= 0.6 is 11.8 Å². The number of hydrogen-bond acceptors (Lipinski definition) is 5. The number of anilines is 1. The molecule has 0 fully saturated rings. The molecule has 2 aromatic carbocycles. The number of carbonyl (C=O) groups is 1. The Morgan fingerprint density at radius 3 is 2.50 bits per heavy atom. The Balaban J connectivity index is 1.55. The number of benzene rings is 2. The van der Waals surface area contributed by atoms with Gasteiger partial charge in [-0.05, 0) is 43.3 Å². The maximum absolute atomic E-state index is 12.3. The lowest BCUT2D eigenvalue weighted by molar-refractivity contribution is -0.115. The lowest BCUT2D eigenvalue weighted by atomic mass is 10.3. The molecular formula is C19H20N4O2S. The molecule has 0 saturated heterocycles. The Morgan fingerprint density at radius 1 is 1.15 bits per heavy atom. The van der Waals surface area contributed by atoms with Crippen molar-refractivity contribution in [1.82, 2.24) is 15.2 Å². The van der Waals surface area contributed by atoms with Crippen molar-refractivity contribution in [3.63, 3.8) is 0 Å². The molecule has 0 bridgehead atoms. The van der Waals surface area contributed by atoms with Gasteiger partial charge in [0.15, 0.2) is 0 Å². The molecule has 0 aliphatic heterocycles. The summed E-state index contributed by atoms with van der Waals surface area (Å²) < 4.78 is 5.74. The van der Waals surface area contributed by atoms with E-state index in [2.05, 4.69) is 20.5 Å². The van der Waals surface area contributed by atoms with Gasteiger partial charge in [0, 0.05) is 12.1 Å². The molecule has 0 saturated carbocycles. The SMILES string of the molecule is CCc1nc(SC(C)C(=O)Nc2ccc(Oc3ccccc3)cc2)n[nH]1. The lowest BCUT2D eigenvalue weighted by Crippen LogP contribution is -2.22. The van der Waals surface area contributed by atoms with E-state index in [-0.39, 0.29) is 11.2 Å². The van der Waals surface area contributed by atoms with E-state index >= 15 is 0 Å². The van der Waals surface area contributed by atoms with Gasteiger partial charge in [0.25, 0.3) is 0 Å². The van der Waals surface area contributed by atoms with Crippen LogP contribution in [0.4, 0.5) is 5.69 Å². The normalized spacial score (nSPS) is 11.8. The molecule has 0 spiro atoms. The fourth-order valence-electron chi connectivity index (χ4n) is 2.18. The number of amides is 1. The second-order valence-corrected chi connectivity index (χ2v) is 6.92. The maximum Gasteiger partial charge on any atom is 0.237 e. The average Bonchev–Trinajstić information content (AvgIpc) is 3.11. The highest BCUT2D eigenvalue weighted by atomic mass is 32.2. The second kappa shape index (κ2) is 8.53. The summed E-state index contributed by atoms with van der Waals surface area (Å²) >= 11 is 1.32. The molecule has 2 N–H and O–H groups in total. The molecule has 0 aliphatic rings. The molecule has 134 valence electrons. The highest BCUT2D eigenvalue weighted by Gasteiger charge is 2.17. The third-order valence-corrected chi connectivity index (χ3v) is 4.56. The summed E-state index contributed by atoms with van der Waals surface area (Å²) in [5, 5.41) is 10.1. The Morgan fingerprint density at radius 2 is 1.85 bits per heavy atom. The number of aryl methyl sites for hydroxylation is 1. The molecule has 26 heavy (non-hydrogen) atoms. The maximum atomic E-state index is 12.3. The van der Waals surface area contributed by atoms with Gasteiger partial charge in [-0.3, -0.25) is 9.89 Å². The number of aromatic amines is 1. The third-order valence-electron chi connectivity index (χ3n) is 3.60. The second-order valence-electron chi connectivity index (χ2n) is 5.61. The first kappa shape index (κ1) is 18.0. The molecular weight excluding hydrogens is 348 g/mol. The van der Waals surface area contributed by atoms with Gasteiger partial charge in [-0.2, -0.15) is 0 Å². The predicted molar refractivity (Wildman–Crippen MR) is 103 cm³/mol. The van der Waals surface area contributed by atoms with E-state index in [4.69, 9.17) is 4.74 Å². The van der Waals surface area contributed by atoms with Crippen LogP contribution in [0.1, 0.15) is 19.7 Å². The van der Waals surface area contributed by atoms with Gasteiger partial charge in [0.1, 0.15) is 17.3 Å². The summed E-state index contributed by atoms with van der Waals surface area (Å²) in [6.45, 7) is 3.82. The van der Waals surface area contributed by atoms with Gasteiger partial charge in [-0.25, -0.2) is 4.98 Å². The average molecular weight is 368 g/mol. The van der Waals surface area contributed by atoms with Gasteiger partial charge in [-0.15, -0.1) is 5.10 Å². The van der Waals surface area contributed by atoms with Crippen molar-refractivity contribution >= 4 is 23.4 Å². The minimum atomic E-state index is -0.309. The van der Waals surface area contributed by atoms with E-state index in [1.165, 1.54) is 11.8 Å². The molecule has 6 nitrogen and oxygen atoms in total. The highest BCUT2D eigenvalue weighted by molar-refractivity contribution is 8.00. The minimum Gasteiger partial charge on any atom is -0.457 e. The van der Waals surface area contributed by atoms with Crippen molar-refractivity contribution < 1.29 is 9.53 Å². The van der Waals surface area contributed by atoms with E-state index in [0.29, 0.717) is 16.6 Å². The molecule has 3 aromatic rings. The molecule has 1 aromatic heterocycles. The Hall–Kier alpha value is -2.80. The van der Waals surface area contributed by atoms with Crippen LogP contribution in [0.2, 0.25) is 0 Å². The molecule has 3 rings (SSSR count). The number of carbonyl (C=O) groups excluding carboxylic acids is 1. The monoisotopic (exact) mass is 368 g/mol. The zero-order chi connectivity index (χ0) is 18.4. The number of thioether (sulfide) groups is 1. The zero-order valence-corrected chi connectivity index (χ0v) is 15.4. The number of rotatable bonds is 7. The van der Waals surface area contributed by atoms with Crippen LogP contribution in [-0.2, 0) is 11.2 Å². The van der Waals surface area contributed by atoms with Gasteiger partial charge in [0.2, 0.25) is 11.1 Å². The van der Waals surface area contributed by atoms with E-state index in [0.717, 1.165) is 18.0 Å². The number of H-pyrrole nitrogens is 1. The molecule has 0 aliphatic carbocycles. The van der Waals surface area contributed by atoms with E-state index in [1.54, 1.807) is 0 Å². The molecule has 7 heteroatoms. The number of aromatic nitrogens is 3. The number of nitrogens with one attached hydrogen (secondary N) is 2. The highest BCUT2D eigenvalue weighted by Crippen LogP contribution is 2.24. The van der Waals surface area contributed by atoms with Crippen LogP contribution in [0, 0.1) is 0 Å². The zero-order valence-electron chi connectivity index (χ0n) is 14.6. The van der Waals surface area contributed by atoms with Gasteiger partial charge >= 0.3 is 0 Å². The Bertz CT molecular complexity index is 849. The Labute approximate surface area is 156 Å². The quantitative estimate of drug-likeness (QED) is 0.609. The summed E-state index contributed by atoms with van der Waals surface area (Å²) in [7, 11) is 0. The summed E-state index contributed by atoms with van der Waals surface area (Å²) in [5.41, 5.74) is 0.715. The van der Waals surface area contributed by atoms with Crippen LogP contribution in [0.15, 0.2) is 59.8 Å². The Kier molecular flexibility index (Phi) is 5.91. The van der Waals surface area contributed by atoms with Crippen LogP contribution in [0.25, 0.3) is 0 Å².